The summed E-state index contributed by atoms with van der Waals surface area (Å²) in [4.78, 5) is 43.2. The predicted octanol–water partition coefficient (Wildman–Crippen LogP) is 0.598. The van der Waals surface area contributed by atoms with Crippen LogP contribution in [0.2, 0.25) is 0 Å². The molecule has 2 aromatic rings. The van der Waals surface area contributed by atoms with E-state index >= 15 is 8.78 Å². The van der Waals surface area contributed by atoms with Crippen LogP contribution in [0.15, 0.2) is 41.1 Å². The molecule has 1 spiro atoms. The van der Waals surface area contributed by atoms with E-state index in [-0.39, 0.29) is 56.0 Å². The van der Waals surface area contributed by atoms with Gasteiger partial charge in [0, 0.05) is 31.6 Å². The van der Waals surface area contributed by atoms with Crippen LogP contribution in [0.1, 0.15) is 17.0 Å². The molecule has 1 aromatic heterocycles. The van der Waals surface area contributed by atoms with Gasteiger partial charge in [0.2, 0.25) is 5.76 Å². The van der Waals surface area contributed by atoms with Gasteiger partial charge in [0.1, 0.15) is 16.7 Å². The van der Waals surface area contributed by atoms with Gasteiger partial charge < -0.3 is 14.1 Å². The molecule has 0 bridgehead atoms. The highest BCUT2D eigenvalue weighted by Crippen LogP contribution is 2.48. The smallest absolute Gasteiger partial charge is 0.433 e. The van der Waals surface area contributed by atoms with Crippen molar-refractivity contribution in [3.05, 3.63) is 64.2 Å². The first-order valence-electron chi connectivity index (χ1n) is 11.7. The number of rotatable bonds is 5. The lowest BCUT2D eigenvalue weighted by molar-refractivity contribution is -0.825. The van der Waals surface area contributed by atoms with Crippen LogP contribution in [-0.4, -0.2) is 71.4 Å². The number of amides is 2. The summed E-state index contributed by atoms with van der Waals surface area (Å²) in [6, 6.07) is 4.29. The number of nitrogens with one attached hydrogen (secondary N) is 1. The van der Waals surface area contributed by atoms with Gasteiger partial charge in [-0.2, -0.15) is 0 Å². The van der Waals surface area contributed by atoms with E-state index in [0.717, 1.165) is 29.3 Å². The third-order valence-electron chi connectivity index (χ3n) is 6.87. The van der Waals surface area contributed by atoms with Gasteiger partial charge in [-0.3, -0.25) is 24.6 Å². The van der Waals surface area contributed by atoms with Gasteiger partial charge in [0.05, 0.1) is 43.9 Å². The van der Waals surface area contributed by atoms with E-state index in [0.29, 0.717) is 6.42 Å². The lowest BCUT2D eigenvalue weighted by atomic mass is 10.2. The summed E-state index contributed by atoms with van der Waals surface area (Å²) in [7, 11) is 0. The maximum Gasteiger partial charge on any atom is 0.433 e. The minimum absolute atomic E-state index is 0.00611. The number of hydrogen-bond donors (Lipinski definition) is 2. The van der Waals surface area contributed by atoms with E-state index in [9.17, 15) is 19.7 Å². The number of furan rings is 1. The number of nitro groups is 1. The molecule has 3 fully saturated rings. The van der Waals surface area contributed by atoms with Gasteiger partial charge in [-0.15, -0.1) is 5.53 Å². The first-order valence-corrected chi connectivity index (χ1v) is 11.7. The number of hydrogen-bond acceptors (Lipinski definition) is 10. The van der Waals surface area contributed by atoms with E-state index < -0.39 is 40.0 Å². The first kappa shape index (κ1) is 23.9. The fraction of sp³-hybridized carbons (Fsp3) is 0.364. The molecule has 200 valence electrons. The Hall–Kier alpha value is -4.44. The van der Waals surface area contributed by atoms with Gasteiger partial charge in [-0.1, -0.05) is 0 Å². The van der Waals surface area contributed by atoms with Crippen LogP contribution in [0.5, 0.6) is 0 Å². The van der Waals surface area contributed by atoms with Crippen LogP contribution in [0.25, 0.3) is 0 Å². The van der Waals surface area contributed by atoms with Crippen molar-refractivity contribution in [2.75, 3.05) is 42.6 Å². The summed E-state index contributed by atoms with van der Waals surface area (Å²) < 4.78 is 41.0. The Morgan fingerprint density at radius 3 is 2.68 bits per heavy atom. The number of hydroxylamine groups is 2. The molecule has 1 aromatic carbocycles. The van der Waals surface area contributed by atoms with E-state index in [4.69, 9.17) is 14.0 Å². The van der Waals surface area contributed by atoms with E-state index in [1.807, 2.05) is 11.2 Å². The SMILES string of the molecule is O=C(c1ccc([N+](=O)[O-])o1)N1CCN(c2c(F)cc(N3CC4(CC4N4C=CN[NH2+]4)OC3=O)cc2F)CCO1. The van der Waals surface area contributed by atoms with Crippen LogP contribution in [0.4, 0.5) is 30.8 Å². The van der Waals surface area contributed by atoms with Gasteiger partial charge in [-0.25, -0.2) is 29.1 Å². The van der Waals surface area contributed by atoms with Crippen molar-refractivity contribution in [3.8, 4) is 0 Å². The van der Waals surface area contributed by atoms with Crippen molar-refractivity contribution in [3.63, 3.8) is 0 Å². The number of nitrogens with zero attached hydrogens (tertiary/aromatic N) is 5. The van der Waals surface area contributed by atoms with Gasteiger partial charge in [0.25, 0.3) is 0 Å². The van der Waals surface area contributed by atoms with Gasteiger partial charge >= 0.3 is 17.9 Å². The first-order chi connectivity index (χ1) is 18.3. The maximum absolute atomic E-state index is 15.2. The highest BCUT2D eigenvalue weighted by molar-refractivity contribution is 5.92. The molecule has 4 heterocycles. The third-order valence-corrected chi connectivity index (χ3v) is 6.87. The molecular formula is C22H22F2N7O7+. The molecule has 3 N–H and O–H groups in total. The van der Waals surface area contributed by atoms with E-state index in [1.54, 1.807) is 11.7 Å². The Bertz CT molecular complexity index is 1330. The molecule has 38 heavy (non-hydrogen) atoms. The van der Waals surface area contributed by atoms with Crippen LogP contribution < -0.4 is 20.8 Å². The number of benzene rings is 1. The second-order valence-electron chi connectivity index (χ2n) is 9.18. The number of halogens is 2. The average Bonchev–Trinajstić information content (AvgIpc) is 3.24. The second-order valence-corrected chi connectivity index (χ2v) is 9.18. The van der Waals surface area contributed by atoms with Crippen LogP contribution >= 0.6 is 0 Å². The van der Waals surface area contributed by atoms with Crippen LogP contribution in [0.3, 0.4) is 0 Å². The minimum Gasteiger partial charge on any atom is -0.438 e. The molecule has 2 amide bonds. The molecule has 16 heteroatoms. The largest absolute Gasteiger partial charge is 0.438 e. The number of anilines is 2. The standard InChI is InChI=1S/C22H21F2N7O7/c23-14-9-13(28-12-22(38-21(28)33)11-17(22)29-4-3-25-26-29)10-15(24)19(14)27-5-6-30(36-8-7-27)20(32)16-1-2-18(37-16)31(34)35/h1-4,9-10,17,25-26H,5-8,11-12H2/p+1. The number of quaternary nitrogens is 1. The van der Waals surface area contributed by atoms with Crippen molar-refractivity contribution < 1.29 is 42.8 Å². The molecule has 1 saturated carbocycles. The number of carbonyl (C=O) groups is 2. The molecule has 6 rings (SSSR count). The van der Waals surface area contributed by atoms with Crippen molar-refractivity contribution in [2.45, 2.75) is 18.1 Å². The number of ether oxygens (including phenoxy) is 1. The summed E-state index contributed by atoms with van der Waals surface area (Å²) in [5.41, 5.74) is 3.66. The summed E-state index contributed by atoms with van der Waals surface area (Å²) >= 11 is 0. The predicted molar refractivity (Wildman–Crippen MR) is 122 cm³/mol. The molecule has 0 radical (unpaired) electrons. The average molecular weight is 534 g/mol. The van der Waals surface area contributed by atoms with E-state index in [1.165, 1.54) is 9.80 Å². The Labute approximate surface area is 213 Å². The van der Waals surface area contributed by atoms with Crippen molar-refractivity contribution in [1.82, 2.24) is 15.5 Å². The molecule has 2 atom stereocenters. The quantitative estimate of drug-likeness (QED) is 0.317. The molecular weight excluding hydrogens is 512 g/mol. The molecule has 4 aliphatic rings. The van der Waals surface area contributed by atoms with E-state index in [2.05, 4.69) is 5.43 Å². The summed E-state index contributed by atoms with van der Waals surface area (Å²) in [5, 5.41) is 13.6. The third kappa shape index (κ3) is 4.03. The van der Waals surface area contributed by atoms with Crippen molar-refractivity contribution in [1.29, 1.82) is 0 Å². The Morgan fingerprint density at radius 1 is 1.21 bits per heavy atom. The van der Waals surface area contributed by atoms with Crippen molar-refractivity contribution >= 4 is 29.3 Å². The zero-order chi connectivity index (χ0) is 26.6. The van der Waals surface area contributed by atoms with Gasteiger partial charge in [-0.05, 0) is 6.07 Å². The zero-order valence-corrected chi connectivity index (χ0v) is 19.7. The molecule has 2 unspecified atom stereocenters. The fourth-order valence-electron chi connectivity index (χ4n) is 4.92. The monoisotopic (exact) mass is 534 g/mol. The highest BCUT2D eigenvalue weighted by Gasteiger charge is 2.67. The summed E-state index contributed by atoms with van der Waals surface area (Å²) in [6.07, 6.45) is 3.48. The molecule has 3 aliphatic heterocycles. The lowest BCUT2D eigenvalue weighted by Crippen LogP contribution is -2.97. The maximum atomic E-state index is 15.2. The Kier molecular flexibility index (Phi) is 5.57. The number of carbonyl (C=O) groups excluding carboxylic acids is 2. The zero-order valence-electron chi connectivity index (χ0n) is 19.7. The topological polar surface area (TPSA) is 150 Å². The number of nitrogens with two attached hydrogens (primary N) is 1. The molecule has 14 nitrogen and oxygen atoms in total. The second kappa shape index (κ2) is 8.84. The van der Waals surface area contributed by atoms with Gasteiger partial charge in [0.15, 0.2) is 17.2 Å². The summed E-state index contributed by atoms with van der Waals surface area (Å²) in [5.74, 6) is -3.42. The fourth-order valence-corrected chi connectivity index (χ4v) is 4.92. The lowest BCUT2D eigenvalue weighted by Gasteiger charge is -2.24. The van der Waals surface area contributed by atoms with Crippen molar-refractivity contribution in [2.24, 2.45) is 0 Å². The minimum atomic E-state index is -0.887. The normalized spacial score (nSPS) is 24.6. The van der Waals surface area contributed by atoms with Crippen LogP contribution in [-0.2, 0) is 9.57 Å². The van der Waals surface area contributed by atoms with Crippen LogP contribution in [0, 0.1) is 21.7 Å². The molecule has 2 saturated heterocycles. The summed E-state index contributed by atoms with van der Waals surface area (Å²) in [6.45, 7) is 0.0415. The Morgan fingerprint density at radius 2 is 2.00 bits per heavy atom. The highest BCUT2D eigenvalue weighted by atomic mass is 19.1. The molecule has 1 aliphatic carbocycles. The Balaban J connectivity index is 1.14.